The molecule has 198 valence electrons. The Morgan fingerprint density at radius 3 is 2.37 bits per heavy atom. The molecule has 0 N–H and O–H groups in total. The Balaban J connectivity index is 1.43. The van der Waals surface area contributed by atoms with Gasteiger partial charge in [0.2, 0.25) is 11.9 Å². The number of nitrogens with zero attached hydrogens (tertiary/aromatic N) is 5. The molecule has 38 heavy (non-hydrogen) atoms. The highest BCUT2D eigenvalue weighted by Crippen LogP contribution is 2.35. The molecule has 0 radical (unpaired) electrons. The number of amides is 2. The molecule has 0 aliphatic carbocycles. The van der Waals surface area contributed by atoms with Crippen LogP contribution in [-0.4, -0.2) is 64.3 Å². The van der Waals surface area contributed by atoms with Gasteiger partial charge in [0.05, 0.1) is 17.3 Å². The standard InChI is InChI=1S/C30H34ClN5O2/c1-21-6-3-4-7-23(21)11-14-27-26(29(38)35-18-16-34(17-19-35)22(2)37)20-32-30(33-27)36-15-5-8-28(36)24-9-12-25(31)13-10-24/h3-4,6-7,9-10,12-13,20,28H,5,8,11,14-19H2,1-2H3/t28-/m0/s1. The maximum absolute atomic E-state index is 13.6. The number of rotatable bonds is 6. The van der Waals surface area contributed by atoms with E-state index in [0.29, 0.717) is 44.1 Å². The molecular formula is C30H34ClN5O2. The average molecular weight is 532 g/mol. The molecule has 2 amide bonds. The highest BCUT2D eigenvalue weighted by molar-refractivity contribution is 6.30. The Labute approximate surface area is 229 Å². The van der Waals surface area contributed by atoms with E-state index in [9.17, 15) is 9.59 Å². The molecule has 2 aliphatic heterocycles. The van der Waals surface area contributed by atoms with Crippen LogP contribution >= 0.6 is 11.6 Å². The van der Waals surface area contributed by atoms with Crippen molar-refractivity contribution in [2.24, 2.45) is 0 Å². The predicted molar refractivity (Wildman–Crippen MR) is 150 cm³/mol. The highest BCUT2D eigenvalue weighted by atomic mass is 35.5. The summed E-state index contributed by atoms with van der Waals surface area (Å²) in [6, 6.07) is 16.5. The van der Waals surface area contributed by atoms with Gasteiger partial charge < -0.3 is 14.7 Å². The zero-order chi connectivity index (χ0) is 26.6. The summed E-state index contributed by atoms with van der Waals surface area (Å²) in [4.78, 5) is 41.0. The van der Waals surface area contributed by atoms with E-state index < -0.39 is 0 Å². The summed E-state index contributed by atoms with van der Waals surface area (Å²) in [5.41, 5.74) is 5.01. The SMILES string of the molecule is CC(=O)N1CCN(C(=O)c2cnc(N3CCC[C@H]3c3ccc(Cl)cc3)nc2CCc2ccccc2C)CC1. The van der Waals surface area contributed by atoms with E-state index in [1.807, 2.05) is 23.1 Å². The molecule has 0 spiro atoms. The quantitative estimate of drug-likeness (QED) is 0.454. The third-order valence-electron chi connectivity index (χ3n) is 7.75. The van der Waals surface area contributed by atoms with Crippen LogP contribution in [0.25, 0.3) is 0 Å². The van der Waals surface area contributed by atoms with Crippen LogP contribution in [0, 0.1) is 6.92 Å². The van der Waals surface area contributed by atoms with Gasteiger partial charge in [-0.1, -0.05) is 48.0 Å². The lowest BCUT2D eigenvalue weighted by molar-refractivity contribution is -0.130. The van der Waals surface area contributed by atoms with Gasteiger partial charge >= 0.3 is 0 Å². The zero-order valence-electron chi connectivity index (χ0n) is 22.1. The molecule has 1 atom stereocenters. The molecule has 0 unspecified atom stereocenters. The molecule has 2 aliphatic rings. The first-order valence-electron chi connectivity index (χ1n) is 13.4. The van der Waals surface area contributed by atoms with Gasteiger partial charge in [-0.15, -0.1) is 0 Å². The summed E-state index contributed by atoms with van der Waals surface area (Å²) in [5.74, 6) is 0.653. The van der Waals surface area contributed by atoms with Crippen LogP contribution in [0.3, 0.4) is 0 Å². The van der Waals surface area contributed by atoms with Gasteiger partial charge in [-0.25, -0.2) is 9.97 Å². The molecule has 7 nitrogen and oxygen atoms in total. The molecule has 0 bridgehead atoms. The third-order valence-corrected chi connectivity index (χ3v) is 8.01. The molecule has 1 aromatic heterocycles. The first-order valence-corrected chi connectivity index (χ1v) is 13.8. The number of anilines is 1. The van der Waals surface area contributed by atoms with E-state index in [2.05, 4.69) is 42.2 Å². The number of aromatic nitrogens is 2. The van der Waals surface area contributed by atoms with Crippen molar-refractivity contribution in [3.8, 4) is 0 Å². The Morgan fingerprint density at radius 1 is 0.947 bits per heavy atom. The van der Waals surface area contributed by atoms with Crippen LogP contribution in [0.5, 0.6) is 0 Å². The normalized spacial score (nSPS) is 17.7. The third kappa shape index (κ3) is 5.68. The first kappa shape index (κ1) is 26.2. The Bertz CT molecular complexity index is 1300. The number of piperazine rings is 1. The Kier molecular flexibility index (Phi) is 7.93. The minimum absolute atomic E-state index is 0.0459. The number of benzene rings is 2. The Hall–Kier alpha value is -3.45. The number of carbonyl (C=O) groups excluding carboxylic acids is 2. The van der Waals surface area contributed by atoms with E-state index in [-0.39, 0.29) is 17.9 Å². The summed E-state index contributed by atoms with van der Waals surface area (Å²) in [7, 11) is 0. The van der Waals surface area contributed by atoms with Gasteiger partial charge in [0.25, 0.3) is 5.91 Å². The van der Waals surface area contributed by atoms with Crippen molar-refractivity contribution >= 4 is 29.4 Å². The minimum atomic E-state index is -0.0600. The topological polar surface area (TPSA) is 69.6 Å². The van der Waals surface area contributed by atoms with Crippen molar-refractivity contribution in [1.29, 1.82) is 0 Å². The van der Waals surface area contributed by atoms with Gasteiger partial charge in [0, 0.05) is 50.9 Å². The van der Waals surface area contributed by atoms with E-state index >= 15 is 0 Å². The molecular weight excluding hydrogens is 498 g/mol. The fraction of sp³-hybridized carbons (Fsp3) is 0.400. The van der Waals surface area contributed by atoms with Gasteiger partial charge in [0.1, 0.15) is 0 Å². The molecule has 2 aromatic carbocycles. The molecule has 3 aromatic rings. The van der Waals surface area contributed by atoms with Crippen LogP contribution in [0.1, 0.15) is 58.5 Å². The molecule has 2 fully saturated rings. The molecule has 5 rings (SSSR count). The van der Waals surface area contributed by atoms with E-state index in [4.69, 9.17) is 21.6 Å². The van der Waals surface area contributed by atoms with Crippen molar-refractivity contribution in [3.63, 3.8) is 0 Å². The molecule has 3 heterocycles. The largest absolute Gasteiger partial charge is 0.339 e. The van der Waals surface area contributed by atoms with Gasteiger partial charge in [-0.05, 0) is 61.4 Å². The van der Waals surface area contributed by atoms with Crippen molar-refractivity contribution in [1.82, 2.24) is 19.8 Å². The van der Waals surface area contributed by atoms with Crippen molar-refractivity contribution in [2.75, 3.05) is 37.6 Å². The summed E-state index contributed by atoms with van der Waals surface area (Å²) >= 11 is 6.13. The smallest absolute Gasteiger partial charge is 0.257 e. The highest BCUT2D eigenvalue weighted by Gasteiger charge is 2.30. The van der Waals surface area contributed by atoms with Crippen LogP contribution < -0.4 is 4.90 Å². The zero-order valence-corrected chi connectivity index (χ0v) is 22.8. The van der Waals surface area contributed by atoms with Crippen LogP contribution in [0.4, 0.5) is 5.95 Å². The Morgan fingerprint density at radius 2 is 1.66 bits per heavy atom. The fourth-order valence-corrected chi connectivity index (χ4v) is 5.62. The summed E-state index contributed by atoms with van der Waals surface area (Å²) in [5, 5.41) is 0.722. The van der Waals surface area contributed by atoms with E-state index in [1.54, 1.807) is 18.0 Å². The van der Waals surface area contributed by atoms with Crippen molar-refractivity contribution in [2.45, 2.75) is 45.6 Å². The maximum atomic E-state index is 13.6. The summed E-state index contributed by atoms with van der Waals surface area (Å²) < 4.78 is 0. The van der Waals surface area contributed by atoms with Crippen molar-refractivity contribution in [3.05, 3.63) is 87.7 Å². The van der Waals surface area contributed by atoms with Crippen LogP contribution in [0.2, 0.25) is 5.02 Å². The second-order valence-corrected chi connectivity index (χ2v) is 10.6. The van der Waals surface area contributed by atoms with Gasteiger partial charge in [-0.3, -0.25) is 9.59 Å². The fourth-order valence-electron chi connectivity index (χ4n) is 5.49. The number of carbonyl (C=O) groups is 2. The minimum Gasteiger partial charge on any atom is -0.339 e. The van der Waals surface area contributed by atoms with Crippen LogP contribution in [0.15, 0.2) is 54.7 Å². The first-order chi connectivity index (χ1) is 18.4. The molecule has 2 saturated heterocycles. The lowest BCUT2D eigenvalue weighted by atomic mass is 10.0. The lowest BCUT2D eigenvalue weighted by Gasteiger charge is -2.34. The molecule has 0 saturated carbocycles. The number of halogens is 1. The van der Waals surface area contributed by atoms with E-state index in [1.165, 1.54) is 16.7 Å². The van der Waals surface area contributed by atoms with E-state index in [0.717, 1.165) is 36.5 Å². The summed E-state index contributed by atoms with van der Waals surface area (Å²) in [6.07, 6.45) is 5.23. The lowest BCUT2D eigenvalue weighted by Crippen LogP contribution is -2.50. The summed E-state index contributed by atoms with van der Waals surface area (Å²) in [6.45, 7) is 6.69. The number of hydrogen-bond donors (Lipinski definition) is 0. The predicted octanol–water partition coefficient (Wildman–Crippen LogP) is 4.87. The second kappa shape index (κ2) is 11.5. The average Bonchev–Trinajstić information content (AvgIpc) is 3.43. The number of aryl methyl sites for hydroxylation is 3. The molecule has 8 heteroatoms. The monoisotopic (exact) mass is 531 g/mol. The maximum Gasteiger partial charge on any atom is 0.257 e. The number of hydrogen-bond acceptors (Lipinski definition) is 5. The van der Waals surface area contributed by atoms with Gasteiger partial charge in [0.15, 0.2) is 0 Å². The van der Waals surface area contributed by atoms with Crippen molar-refractivity contribution < 1.29 is 9.59 Å². The van der Waals surface area contributed by atoms with Crippen LogP contribution in [-0.2, 0) is 17.6 Å². The second-order valence-electron chi connectivity index (χ2n) is 10.2. The van der Waals surface area contributed by atoms with Gasteiger partial charge in [-0.2, -0.15) is 0 Å².